The third-order valence-electron chi connectivity index (χ3n) is 5.70. The number of ether oxygens (including phenoxy) is 1. The predicted octanol–water partition coefficient (Wildman–Crippen LogP) is 2.51. The molecular formula is C23H36N6O. The molecule has 0 bridgehead atoms. The van der Waals surface area contributed by atoms with Crippen LogP contribution in [-0.2, 0) is 31.4 Å². The van der Waals surface area contributed by atoms with E-state index >= 15 is 0 Å². The van der Waals surface area contributed by atoms with E-state index in [2.05, 4.69) is 70.7 Å². The minimum atomic E-state index is 0.302. The van der Waals surface area contributed by atoms with E-state index in [1.807, 2.05) is 18.7 Å². The van der Waals surface area contributed by atoms with Crippen molar-refractivity contribution in [2.45, 2.75) is 59.5 Å². The van der Waals surface area contributed by atoms with Gasteiger partial charge in [0.1, 0.15) is 0 Å². The number of aryl methyl sites for hydroxylation is 2. The molecule has 1 aromatic carbocycles. The molecule has 1 fully saturated rings. The van der Waals surface area contributed by atoms with Gasteiger partial charge in [-0.3, -0.25) is 14.6 Å². The molecule has 7 heteroatoms. The molecule has 2 heterocycles. The fraction of sp³-hybridized carbons (Fsp3) is 0.565. The summed E-state index contributed by atoms with van der Waals surface area (Å²) in [6.45, 7) is 12.8. The van der Waals surface area contributed by atoms with Crippen LogP contribution in [0, 0.1) is 13.8 Å². The Morgan fingerprint density at radius 1 is 1.07 bits per heavy atom. The fourth-order valence-corrected chi connectivity index (χ4v) is 4.09. The Kier molecular flexibility index (Phi) is 7.50. The third-order valence-corrected chi connectivity index (χ3v) is 5.70. The maximum absolute atomic E-state index is 5.83. The minimum absolute atomic E-state index is 0.302. The lowest BCUT2D eigenvalue weighted by Crippen LogP contribution is -2.44. The molecule has 30 heavy (non-hydrogen) atoms. The van der Waals surface area contributed by atoms with Crippen molar-refractivity contribution >= 4 is 5.96 Å². The van der Waals surface area contributed by atoms with Crippen molar-refractivity contribution in [3.05, 3.63) is 52.3 Å². The summed E-state index contributed by atoms with van der Waals surface area (Å²) in [5, 5.41) is 11.3. The van der Waals surface area contributed by atoms with Crippen molar-refractivity contribution in [3.63, 3.8) is 0 Å². The van der Waals surface area contributed by atoms with Crippen molar-refractivity contribution in [1.29, 1.82) is 0 Å². The molecule has 3 rings (SSSR count). The summed E-state index contributed by atoms with van der Waals surface area (Å²) in [5.41, 5.74) is 6.02. The van der Waals surface area contributed by atoms with E-state index in [0.717, 1.165) is 37.8 Å². The van der Waals surface area contributed by atoms with Gasteiger partial charge in [0.2, 0.25) is 0 Å². The van der Waals surface area contributed by atoms with Crippen molar-refractivity contribution in [2.24, 2.45) is 12.0 Å². The first-order valence-corrected chi connectivity index (χ1v) is 10.7. The topological polar surface area (TPSA) is 66.7 Å². The van der Waals surface area contributed by atoms with E-state index in [1.165, 1.54) is 22.4 Å². The zero-order valence-corrected chi connectivity index (χ0v) is 19.2. The summed E-state index contributed by atoms with van der Waals surface area (Å²) >= 11 is 0. The van der Waals surface area contributed by atoms with Crippen LogP contribution in [0.4, 0.5) is 0 Å². The summed E-state index contributed by atoms with van der Waals surface area (Å²) in [7, 11) is 3.77. The van der Waals surface area contributed by atoms with Gasteiger partial charge in [-0.05, 0) is 38.8 Å². The zero-order valence-electron chi connectivity index (χ0n) is 19.2. The average Bonchev–Trinajstić information content (AvgIpc) is 2.94. The number of rotatable bonds is 6. The van der Waals surface area contributed by atoms with Crippen molar-refractivity contribution in [1.82, 2.24) is 25.3 Å². The monoisotopic (exact) mass is 412 g/mol. The first kappa shape index (κ1) is 22.3. The Hall–Kier alpha value is -2.38. The molecule has 2 aromatic rings. The summed E-state index contributed by atoms with van der Waals surface area (Å²) in [4.78, 5) is 6.81. The first-order valence-electron chi connectivity index (χ1n) is 10.7. The number of nitrogens with one attached hydrogen (secondary N) is 2. The van der Waals surface area contributed by atoms with Gasteiger partial charge in [0.25, 0.3) is 0 Å². The predicted molar refractivity (Wildman–Crippen MR) is 121 cm³/mol. The Morgan fingerprint density at radius 2 is 1.67 bits per heavy atom. The van der Waals surface area contributed by atoms with Gasteiger partial charge in [-0.25, -0.2) is 0 Å². The summed E-state index contributed by atoms with van der Waals surface area (Å²) < 4.78 is 7.75. The molecule has 164 valence electrons. The van der Waals surface area contributed by atoms with Crippen molar-refractivity contribution in [2.75, 3.05) is 20.1 Å². The second-order valence-electron chi connectivity index (χ2n) is 8.32. The fourth-order valence-electron chi connectivity index (χ4n) is 4.09. The molecule has 0 saturated carbocycles. The number of benzene rings is 1. The molecule has 1 aliphatic heterocycles. The Labute approximate surface area is 180 Å². The maximum Gasteiger partial charge on any atom is 0.191 e. The van der Waals surface area contributed by atoms with E-state index in [0.29, 0.717) is 18.8 Å². The van der Waals surface area contributed by atoms with E-state index in [9.17, 15) is 0 Å². The smallest absolute Gasteiger partial charge is 0.191 e. The van der Waals surface area contributed by atoms with Crippen LogP contribution in [0.2, 0.25) is 0 Å². The minimum Gasteiger partial charge on any atom is -0.373 e. The van der Waals surface area contributed by atoms with Gasteiger partial charge in [0, 0.05) is 58.1 Å². The number of nitrogens with zero attached hydrogens (tertiary/aromatic N) is 4. The molecular weight excluding hydrogens is 376 g/mol. The lowest BCUT2D eigenvalue weighted by Gasteiger charge is -2.35. The molecule has 2 atom stereocenters. The molecule has 1 aliphatic rings. The quantitative estimate of drug-likeness (QED) is 0.564. The average molecular weight is 413 g/mol. The van der Waals surface area contributed by atoms with Gasteiger partial charge >= 0.3 is 0 Å². The van der Waals surface area contributed by atoms with E-state index < -0.39 is 0 Å². The van der Waals surface area contributed by atoms with Crippen LogP contribution in [0.25, 0.3) is 0 Å². The number of hydrogen-bond acceptors (Lipinski definition) is 4. The summed E-state index contributed by atoms with van der Waals surface area (Å²) in [6, 6.07) is 8.83. The van der Waals surface area contributed by atoms with Crippen LogP contribution in [0.3, 0.4) is 0 Å². The van der Waals surface area contributed by atoms with Crippen LogP contribution in [0.5, 0.6) is 0 Å². The Bertz CT molecular complexity index is 847. The van der Waals surface area contributed by atoms with Crippen LogP contribution in [-0.4, -0.2) is 53.0 Å². The van der Waals surface area contributed by atoms with E-state index in [-0.39, 0.29) is 0 Å². The van der Waals surface area contributed by atoms with Gasteiger partial charge in [-0.1, -0.05) is 24.3 Å². The van der Waals surface area contributed by atoms with Crippen LogP contribution >= 0.6 is 0 Å². The number of guanidine groups is 1. The lowest BCUT2D eigenvalue weighted by molar-refractivity contribution is -0.0704. The number of morpholine rings is 1. The van der Waals surface area contributed by atoms with Gasteiger partial charge in [-0.15, -0.1) is 0 Å². The standard InChI is InChI=1S/C23H36N6O/c1-16-13-29(14-17(2)30-16)15-21-9-7-20(8-10-21)11-25-23(24-5)26-12-22-18(3)27-28(6)19(22)4/h7-10,16-17H,11-15H2,1-6H3,(H2,24,25,26). The highest BCUT2D eigenvalue weighted by atomic mass is 16.5. The normalized spacial score (nSPS) is 20.4. The maximum atomic E-state index is 5.83. The van der Waals surface area contributed by atoms with Crippen molar-refractivity contribution in [3.8, 4) is 0 Å². The second-order valence-corrected chi connectivity index (χ2v) is 8.32. The van der Waals surface area contributed by atoms with Gasteiger partial charge in [0.05, 0.1) is 17.9 Å². The molecule has 0 aliphatic carbocycles. The second kappa shape index (κ2) is 10.1. The van der Waals surface area contributed by atoms with Crippen LogP contribution in [0.15, 0.2) is 29.3 Å². The number of hydrogen-bond donors (Lipinski definition) is 2. The first-order chi connectivity index (χ1) is 14.4. The Balaban J connectivity index is 1.48. The van der Waals surface area contributed by atoms with Gasteiger partial charge in [0.15, 0.2) is 5.96 Å². The van der Waals surface area contributed by atoms with Crippen LogP contribution < -0.4 is 10.6 Å². The highest BCUT2D eigenvalue weighted by Gasteiger charge is 2.21. The summed E-state index contributed by atoms with van der Waals surface area (Å²) in [6.07, 6.45) is 0.603. The number of aliphatic imine (C=N–C) groups is 1. The van der Waals surface area contributed by atoms with Crippen molar-refractivity contribution < 1.29 is 4.74 Å². The SMILES string of the molecule is CN=C(NCc1ccc(CN2CC(C)OC(C)C2)cc1)NCc1c(C)nn(C)c1C. The highest BCUT2D eigenvalue weighted by molar-refractivity contribution is 5.79. The van der Waals surface area contributed by atoms with E-state index in [1.54, 1.807) is 7.05 Å². The zero-order chi connectivity index (χ0) is 21.7. The molecule has 1 saturated heterocycles. The molecule has 1 aromatic heterocycles. The van der Waals surface area contributed by atoms with Gasteiger partial charge in [-0.2, -0.15) is 5.10 Å². The van der Waals surface area contributed by atoms with Crippen LogP contribution in [0.1, 0.15) is 41.9 Å². The summed E-state index contributed by atoms with van der Waals surface area (Å²) in [5.74, 6) is 0.790. The molecule has 2 unspecified atom stereocenters. The molecule has 0 radical (unpaired) electrons. The third kappa shape index (κ3) is 5.83. The van der Waals surface area contributed by atoms with E-state index in [4.69, 9.17) is 4.74 Å². The van der Waals surface area contributed by atoms with Gasteiger partial charge < -0.3 is 15.4 Å². The molecule has 0 amide bonds. The molecule has 7 nitrogen and oxygen atoms in total. The highest BCUT2D eigenvalue weighted by Crippen LogP contribution is 2.15. The molecule has 2 N–H and O–H groups in total. The number of aromatic nitrogens is 2. The Morgan fingerprint density at radius 3 is 2.23 bits per heavy atom. The molecule has 0 spiro atoms. The lowest BCUT2D eigenvalue weighted by atomic mass is 10.1. The largest absolute Gasteiger partial charge is 0.373 e.